The summed E-state index contributed by atoms with van der Waals surface area (Å²) in [7, 11) is 0. The van der Waals surface area contributed by atoms with Crippen LogP contribution in [0.3, 0.4) is 0 Å². The second kappa shape index (κ2) is 13.8. The minimum absolute atomic E-state index is 0.0258. The molecule has 3 rings (SSSR count). The second-order valence-corrected chi connectivity index (χ2v) is 12.4. The highest BCUT2D eigenvalue weighted by molar-refractivity contribution is 6.11. The average Bonchev–Trinajstić information content (AvgIpc) is 3.41. The monoisotopic (exact) mass is 688 g/mol. The van der Waals surface area contributed by atoms with Crippen LogP contribution in [-0.4, -0.2) is 49.9 Å². The maximum Gasteiger partial charge on any atom is 0.426 e. The summed E-state index contributed by atoms with van der Waals surface area (Å²) in [6.07, 6.45) is -13.5. The number of aromatic hydroxyl groups is 1. The molecule has 17 heteroatoms. The SMILES string of the molecule is C=CCCC(OCc1ccccc1)(c1nnc(-c2nc(O)c(C(F)(F)F)cc2N(C(=O)OC(C)(C)C)C(=O)OC(C)(C)C)o1)C(F)(F)F. The van der Waals surface area contributed by atoms with Crippen LogP contribution in [0.4, 0.5) is 41.6 Å². The normalized spacial score (nSPS) is 13.8. The molecule has 1 aromatic carbocycles. The van der Waals surface area contributed by atoms with E-state index in [0.717, 1.165) is 0 Å². The maximum absolute atomic E-state index is 14.9. The lowest BCUT2D eigenvalue weighted by Gasteiger charge is -2.32. The minimum atomic E-state index is -5.29. The van der Waals surface area contributed by atoms with Gasteiger partial charge in [-0.25, -0.2) is 14.6 Å². The van der Waals surface area contributed by atoms with Crippen LogP contribution < -0.4 is 4.90 Å². The van der Waals surface area contributed by atoms with E-state index in [0.29, 0.717) is 5.56 Å². The van der Waals surface area contributed by atoms with Gasteiger partial charge in [0.2, 0.25) is 11.5 Å². The number of aromatic nitrogens is 3. The molecule has 0 saturated carbocycles. The number of ether oxygens (including phenoxy) is 3. The van der Waals surface area contributed by atoms with Crippen LogP contribution >= 0.6 is 0 Å². The van der Waals surface area contributed by atoms with E-state index in [1.54, 1.807) is 18.2 Å². The van der Waals surface area contributed by atoms with Gasteiger partial charge in [0.15, 0.2) is 5.69 Å². The number of hydrogen-bond donors (Lipinski definition) is 1. The third-order valence-electron chi connectivity index (χ3n) is 6.14. The molecule has 0 aliphatic carbocycles. The van der Waals surface area contributed by atoms with Crippen LogP contribution in [0, 0.1) is 0 Å². The molecule has 1 N–H and O–H groups in total. The lowest BCUT2D eigenvalue weighted by atomic mass is 9.96. The summed E-state index contributed by atoms with van der Waals surface area (Å²) in [4.78, 5) is 30.1. The molecule has 1 atom stereocenters. The van der Waals surface area contributed by atoms with E-state index in [9.17, 15) is 41.0 Å². The third-order valence-corrected chi connectivity index (χ3v) is 6.14. The number of amides is 2. The molecule has 48 heavy (non-hydrogen) atoms. The van der Waals surface area contributed by atoms with Crippen LogP contribution in [0.25, 0.3) is 11.6 Å². The number of benzene rings is 1. The Balaban J connectivity index is 2.32. The summed E-state index contributed by atoms with van der Waals surface area (Å²) in [5.41, 5.74) is -9.40. The minimum Gasteiger partial charge on any atom is -0.493 e. The van der Waals surface area contributed by atoms with Crippen LogP contribution in [0.2, 0.25) is 0 Å². The summed E-state index contributed by atoms with van der Waals surface area (Å²) in [6.45, 7) is 11.3. The Bertz CT molecular complexity index is 1580. The number of nitrogens with zero attached hydrogens (tertiary/aromatic N) is 4. The van der Waals surface area contributed by atoms with Gasteiger partial charge in [-0.2, -0.15) is 31.2 Å². The maximum atomic E-state index is 14.9. The van der Waals surface area contributed by atoms with Crippen molar-refractivity contribution in [1.82, 2.24) is 15.2 Å². The molecule has 3 aromatic rings. The molecule has 0 aliphatic heterocycles. The number of hydrogen-bond acceptors (Lipinski definition) is 10. The van der Waals surface area contributed by atoms with Gasteiger partial charge in [0.1, 0.15) is 16.8 Å². The standard InChI is InChI=1S/C31H34F6N4O7/c1-8-9-15-29(31(35,36)37,45-17-18-13-11-10-12-14-18)24-40-39-23(46-24)21-20(16-19(22(42)38-21)30(32,33)34)41(25(43)47-27(2,3)4)26(44)48-28(5,6)7/h8,10-14,16H,1,9,15,17H2,2-7H3,(H,38,42). The fourth-order valence-electron chi connectivity index (χ4n) is 4.07. The first-order valence-electron chi connectivity index (χ1n) is 14.3. The van der Waals surface area contributed by atoms with Gasteiger partial charge >= 0.3 is 24.5 Å². The first kappa shape index (κ1) is 37.8. The number of pyridine rings is 1. The smallest absolute Gasteiger partial charge is 0.426 e. The highest BCUT2D eigenvalue weighted by Gasteiger charge is 2.61. The Kier molecular flexibility index (Phi) is 10.9. The van der Waals surface area contributed by atoms with Crippen molar-refractivity contribution in [2.24, 2.45) is 0 Å². The molecule has 11 nitrogen and oxygen atoms in total. The van der Waals surface area contributed by atoms with E-state index in [1.165, 1.54) is 59.8 Å². The Morgan fingerprint density at radius 1 is 0.938 bits per heavy atom. The zero-order valence-corrected chi connectivity index (χ0v) is 26.8. The molecule has 2 heterocycles. The summed E-state index contributed by atoms with van der Waals surface area (Å²) in [5, 5.41) is 17.4. The number of alkyl halides is 6. The molecule has 0 bridgehead atoms. The van der Waals surface area contributed by atoms with Crippen molar-refractivity contribution in [1.29, 1.82) is 0 Å². The molecule has 0 spiro atoms. The molecule has 0 saturated heterocycles. The largest absolute Gasteiger partial charge is 0.493 e. The number of allylic oxidation sites excluding steroid dienone is 1. The molecule has 0 radical (unpaired) electrons. The highest BCUT2D eigenvalue weighted by Crippen LogP contribution is 2.47. The summed E-state index contributed by atoms with van der Waals surface area (Å²) < 4.78 is 108. The molecule has 262 valence electrons. The predicted octanol–water partition coefficient (Wildman–Crippen LogP) is 8.47. The number of anilines is 1. The molecule has 0 aliphatic rings. The molecule has 2 aromatic heterocycles. The van der Waals surface area contributed by atoms with E-state index < -0.39 is 89.0 Å². The van der Waals surface area contributed by atoms with Crippen molar-refractivity contribution in [3.05, 3.63) is 66.1 Å². The summed E-state index contributed by atoms with van der Waals surface area (Å²) >= 11 is 0. The number of rotatable bonds is 9. The topological polar surface area (TPSA) is 137 Å². The molecule has 0 fully saturated rings. The third kappa shape index (κ3) is 9.02. The van der Waals surface area contributed by atoms with Crippen molar-refractivity contribution in [3.8, 4) is 17.5 Å². The number of halogens is 6. The Morgan fingerprint density at radius 2 is 1.50 bits per heavy atom. The fraction of sp³-hybridized carbons (Fsp3) is 0.452. The quantitative estimate of drug-likeness (QED) is 0.172. The van der Waals surface area contributed by atoms with Gasteiger partial charge in [-0.15, -0.1) is 16.8 Å². The van der Waals surface area contributed by atoms with E-state index in [-0.39, 0.29) is 17.4 Å². The van der Waals surface area contributed by atoms with Gasteiger partial charge in [0, 0.05) is 0 Å². The predicted molar refractivity (Wildman–Crippen MR) is 158 cm³/mol. The summed E-state index contributed by atoms with van der Waals surface area (Å²) in [6, 6.07) is 7.97. The zero-order chi connectivity index (χ0) is 36.3. The van der Waals surface area contributed by atoms with Crippen LogP contribution in [0.5, 0.6) is 5.88 Å². The number of imide groups is 1. The van der Waals surface area contributed by atoms with Gasteiger partial charge in [-0.3, -0.25) is 0 Å². The fourth-order valence-corrected chi connectivity index (χ4v) is 4.07. The van der Waals surface area contributed by atoms with Crippen molar-refractivity contribution < 1.29 is 59.7 Å². The van der Waals surface area contributed by atoms with Gasteiger partial charge < -0.3 is 23.7 Å². The zero-order valence-electron chi connectivity index (χ0n) is 26.8. The molecular weight excluding hydrogens is 654 g/mol. The Labute approximate surface area is 271 Å². The first-order valence-corrected chi connectivity index (χ1v) is 14.3. The van der Waals surface area contributed by atoms with Crippen LogP contribution in [0.15, 0.2) is 53.5 Å². The van der Waals surface area contributed by atoms with Crippen molar-refractivity contribution in [2.45, 2.75) is 90.1 Å². The summed E-state index contributed by atoms with van der Waals surface area (Å²) in [5.74, 6) is -3.88. The number of carbonyl (C=O) groups excluding carboxylic acids is 2. The average molecular weight is 689 g/mol. The van der Waals surface area contributed by atoms with Gasteiger partial charge in [-0.05, 0) is 66.0 Å². The van der Waals surface area contributed by atoms with E-state index in [2.05, 4.69) is 21.8 Å². The molecular formula is C31H34F6N4O7. The first-order chi connectivity index (χ1) is 22.0. The highest BCUT2D eigenvalue weighted by atomic mass is 19.4. The van der Waals surface area contributed by atoms with Gasteiger partial charge in [0.25, 0.3) is 11.8 Å². The molecule has 1 unspecified atom stereocenters. The Morgan fingerprint density at radius 3 is 1.98 bits per heavy atom. The van der Waals surface area contributed by atoms with Crippen molar-refractivity contribution >= 4 is 17.9 Å². The van der Waals surface area contributed by atoms with Crippen molar-refractivity contribution in [2.75, 3.05) is 4.90 Å². The van der Waals surface area contributed by atoms with Crippen molar-refractivity contribution in [3.63, 3.8) is 0 Å². The van der Waals surface area contributed by atoms with E-state index in [4.69, 9.17) is 18.6 Å². The van der Waals surface area contributed by atoms with Crippen LogP contribution in [-0.2, 0) is 32.6 Å². The molecule has 2 amide bonds. The van der Waals surface area contributed by atoms with Crippen LogP contribution in [0.1, 0.15) is 71.4 Å². The lowest BCUT2D eigenvalue weighted by Crippen LogP contribution is -2.45. The Hall–Kier alpha value is -4.67. The van der Waals surface area contributed by atoms with Gasteiger partial charge in [-0.1, -0.05) is 36.4 Å². The number of carbonyl (C=O) groups is 2. The second-order valence-electron chi connectivity index (χ2n) is 12.4. The van der Waals surface area contributed by atoms with Gasteiger partial charge in [0.05, 0.1) is 12.3 Å². The van der Waals surface area contributed by atoms with E-state index >= 15 is 0 Å². The van der Waals surface area contributed by atoms with E-state index in [1.807, 2.05) is 0 Å². The lowest BCUT2D eigenvalue weighted by molar-refractivity contribution is -0.299.